The summed E-state index contributed by atoms with van der Waals surface area (Å²) in [6.07, 6.45) is 0.876. The van der Waals surface area contributed by atoms with Gasteiger partial charge in [-0.25, -0.2) is 4.79 Å². The molecular formula is C13H18ClNO3. The fourth-order valence-electron chi connectivity index (χ4n) is 1.61. The number of anilines is 1. The smallest absolute Gasteiger partial charge is 0.339 e. The first-order chi connectivity index (χ1) is 8.62. The Morgan fingerprint density at radius 2 is 2.17 bits per heavy atom. The van der Waals surface area contributed by atoms with E-state index in [1.807, 2.05) is 6.92 Å². The normalized spacial score (nSPS) is 12.0. The van der Waals surface area contributed by atoms with Crippen LogP contribution >= 0.6 is 11.6 Å². The summed E-state index contributed by atoms with van der Waals surface area (Å²) in [6, 6.07) is 5.15. The monoisotopic (exact) mass is 271 g/mol. The molecule has 18 heavy (non-hydrogen) atoms. The van der Waals surface area contributed by atoms with E-state index in [2.05, 4.69) is 5.32 Å². The van der Waals surface area contributed by atoms with Crippen molar-refractivity contribution in [1.29, 1.82) is 0 Å². The van der Waals surface area contributed by atoms with Gasteiger partial charge in [0.05, 0.1) is 25.0 Å². The number of halogens is 1. The molecule has 0 amide bonds. The molecule has 4 nitrogen and oxygen atoms in total. The average Bonchev–Trinajstić information content (AvgIpc) is 2.37. The van der Waals surface area contributed by atoms with Crippen LogP contribution in [0.4, 0.5) is 5.69 Å². The Labute approximate surface area is 112 Å². The van der Waals surface area contributed by atoms with Crippen molar-refractivity contribution in [2.45, 2.75) is 19.4 Å². The number of methoxy groups -OCH3 is 2. The summed E-state index contributed by atoms with van der Waals surface area (Å²) >= 11 is 5.95. The predicted octanol–water partition coefficient (Wildman–Crippen LogP) is 2.96. The standard InChI is InChI=1S/C13H18ClNO3/c1-4-10(8-17-2)15-12-7-9(14)5-6-11(12)13(16)18-3/h5-7,10,15H,4,8H2,1-3H3. The summed E-state index contributed by atoms with van der Waals surface area (Å²) in [6.45, 7) is 2.60. The molecule has 0 aliphatic heterocycles. The Morgan fingerprint density at radius 1 is 1.44 bits per heavy atom. The lowest BCUT2D eigenvalue weighted by Gasteiger charge is -2.19. The van der Waals surface area contributed by atoms with Crippen molar-refractivity contribution in [3.05, 3.63) is 28.8 Å². The summed E-state index contributed by atoms with van der Waals surface area (Å²) in [4.78, 5) is 11.6. The zero-order valence-corrected chi connectivity index (χ0v) is 11.6. The van der Waals surface area contributed by atoms with Gasteiger partial charge in [-0.3, -0.25) is 0 Å². The van der Waals surface area contributed by atoms with E-state index in [1.54, 1.807) is 25.3 Å². The van der Waals surface area contributed by atoms with Crippen LogP contribution in [0.1, 0.15) is 23.7 Å². The number of carbonyl (C=O) groups excluding carboxylic acids is 1. The van der Waals surface area contributed by atoms with E-state index >= 15 is 0 Å². The highest BCUT2D eigenvalue weighted by molar-refractivity contribution is 6.31. The van der Waals surface area contributed by atoms with Crippen molar-refractivity contribution in [3.63, 3.8) is 0 Å². The fraction of sp³-hybridized carbons (Fsp3) is 0.462. The number of carbonyl (C=O) groups is 1. The molecule has 0 fully saturated rings. The molecule has 0 saturated carbocycles. The van der Waals surface area contributed by atoms with Gasteiger partial charge in [0.25, 0.3) is 0 Å². The molecule has 0 spiro atoms. The van der Waals surface area contributed by atoms with Gasteiger partial charge in [0, 0.05) is 18.2 Å². The van der Waals surface area contributed by atoms with Crippen molar-refractivity contribution in [2.75, 3.05) is 26.1 Å². The van der Waals surface area contributed by atoms with E-state index in [9.17, 15) is 4.79 Å². The molecule has 1 unspecified atom stereocenters. The highest BCUT2D eigenvalue weighted by atomic mass is 35.5. The van der Waals surface area contributed by atoms with Crippen LogP contribution in [0.5, 0.6) is 0 Å². The topological polar surface area (TPSA) is 47.6 Å². The molecular weight excluding hydrogens is 254 g/mol. The number of rotatable bonds is 6. The third-order valence-corrected chi connectivity index (χ3v) is 2.84. The highest BCUT2D eigenvalue weighted by Gasteiger charge is 2.15. The molecule has 0 aromatic heterocycles. The van der Waals surface area contributed by atoms with Crippen LogP contribution in [0.2, 0.25) is 5.02 Å². The second kappa shape index (κ2) is 7.24. The zero-order chi connectivity index (χ0) is 13.5. The Balaban J connectivity index is 2.97. The number of hydrogen-bond donors (Lipinski definition) is 1. The Kier molecular flexibility index (Phi) is 5.95. The van der Waals surface area contributed by atoms with Crippen molar-refractivity contribution >= 4 is 23.3 Å². The van der Waals surface area contributed by atoms with Gasteiger partial charge in [-0.1, -0.05) is 18.5 Å². The van der Waals surface area contributed by atoms with Crippen molar-refractivity contribution < 1.29 is 14.3 Å². The Hall–Kier alpha value is -1.26. The molecule has 0 heterocycles. The van der Waals surface area contributed by atoms with Crippen LogP contribution in [0.3, 0.4) is 0 Å². The van der Waals surface area contributed by atoms with Crippen LogP contribution in [-0.2, 0) is 9.47 Å². The maximum Gasteiger partial charge on any atom is 0.339 e. The van der Waals surface area contributed by atoms with E-state index in [4.69, 9.17) is 21.1 Å². The molecule has 0 bridgehead atoms. The minimum absolute atomic E-state index is 0.122. The van der Waals surface area contributed by atoms with Crippen LogP contribution in [0.25, 0.3) is 0 Å². The lowest BCUT2D eigenvalue weighted by atomic mass is 10.1. The van der Waals surface area contributed by atoms with Gasteiger partial charge < -0.3 is 14.8 Å². The van der Waals surface area contributed by atoms with Gasteiger partial charge in [-0.05, 0) is 24.6 Å². The Morgan fingerprint density at radius 3 is 2.72 bits per heavy atom. The Bertz CT molecular complexity index is 409. The number of benzene rings is 1. The lowest BCUT2D eigenvalue weighted by Crippen LogP contribution is -2.25. The molecule has 1 aromatic rings. The fourth-order valence-corrected chi connectivity index (χ4v) is 1.78. The molecule has 0 aliphatic rings. The largest absolute Gasteiger partial charge is 0.465 e. The first-order valence-corrected chi connectivity index (χ1v) is 6.13. The summed E-state index contributed by atoms with van der Waals surface area (Å²) in [5.41, 5.74) is 1.13. The van der Waals surface area contributed by atoms with E-state index in [0.717, 1.165) is 6.42 Å². The maximum absolute atomic E-state index is 11.6. The molecule has 1 N–H and O–H groups in total. The van der Waals surface area contributed by atoms with Crippen LogP contribution in [0.15, 0.2) is 18.2 Å². The van der Waals surface area contributed by atoms with Crippen LogP contribution in [0, 0.1) is 0 Å². The van der Waals surface area contributed by atoms with Crippen molar-refractivity contribution in [2.24, 2.45) is 0 Å². The van der Waals surface area contributed by atoms with E-state index < -0.39 is 0 Å². The third-order valence-electron chi connectivity index (χ3n) is 2.61. The SMILES string of the molecule is CCC(COC)Nc1cc(Cl)ccc1C(=O)OC. The highest BCUT2D eigenvalue weighted by Crippen LogP contribution is 2.23. The predicted molar refractivity (Wildman–Crippen MR) is 72.4 cm³/mol. The van der Waals surface area contributed by atoms with Gasteiger partial charge >= 0.3 is 5.97 Å². The van der Waals surface area contributed by atoms with Gasteiger partial charge in [-0.2, -0.15) is 0 Å². The number of nitrogens with one attached hydrogen (secondary N) is 1. The third kappa shape index (κ3) is 3.89. The van der Waals surface area contributed by atoms with E-state index in [-0.39, 0.29) is 12.0 Å². The van der Waals surface area contributed by atoms with Crippen LogP contribution in [-0.4, -0.2) is 32.8 Å². The summed E-state index contributed by atoms with van der Waals surface area (Å²) < 4.78 is 9.85. The molecule has 100 valence electrons. The molecule has 0 radical (unpaired) electrons. The molecule has 1 rings (SSSR count). The first kappa shape index (κ1) is 14.8. The molecule has 5 heteroatoms. The maximum atomic E-state index is 11.6. The first-order valence-electron chi connectivity index (χ1n) is 5.75. The van der Waals surface area contributed by atoms with E-state index in [0.29, 0.717) is 22.9 Å². The second-order valence-corrected chi connectivity index (χ2v) is 4.32. The lowest BCUT2D eigenvalue weighted by molar-refractivity contribution is 0.0601. The minimum atomic E-state index is -0.388. The molecule has 1 atom stereocenters. The van der Waals surface area contributed by atoms with E-state index in [1.165, 1.54) is 7.11 Å². The quantitative estimate of drug-likeness (QED) is 0.808. The van der Waals surface area contributed by atoms with Crippen molar-refractivity contribution in [1.82, 2.24) is 0 Å². The van der Waals surface area contributed by atoms with Gasteiger partial charge in [0.15, 0.2) is 0 Å². The zero-order valence-electron chi connectivity index (χ0n) is 10.8. The second-order valence-electron chi connectivity index (χ2n) is 3.89. The van der Waals surface area contributed by atoms with Crippen LogP contribution < -0.4 is 5.32 Å². The van der Waals surface area contributed by atoms with Gasteiger partial charge in [0.2, 0.25) is 0 Å². The van der Waals surface area contributed by atoms with Gasteiger partial charge in [-0.15, -0.1) is 0 Å². The molecule has 1 aromatic carbocycles. The summed E-state index contributed by atoms with van der Waals surface area (Å²) in [7, 11) is 3.00. The van der Waals surface area contributed by atoms with Crippen molar-refractivity contribution in [3.8, 4) is 0 Å². The summed E-state index contributed by atoms with van der Waals surface area (Å²) in [5.74, 6) is -0.388. The molecule has 0 saturated heterocycles. The number of ether oxygens (including phenoxy) is 2. The van der Waals surface area contributed by atoms with Gasteiger partial charge in [0.1, 0.15) is 0 Å². The average molecular weight is 272 g/mol. The minimum Gasteiger partial charge on any atom is -0.465 e. The molecule has 0 aliphatic carbocycles. The number of esters is 1. The summed E-state index contributed by atoms with van der Waals surface area (Å²) in [5, 5.41) is 3.81. The number of hydrogen-bond acceptors (Lipinski definition) is 4.